The van der Waals surface area contributed by atoms with Crippen LogP contribution >= 0.6 is 12.6 Å². The molecular formula is C19H17NS. The van der Waals surface area contributed by atoms with Gasteiger partial charge in [-0.1, -0.05) is 61.5 Å². The number of rotatable bonds is 1. The van der Waals surface area contributed by atoms with Gasteiger partial charge in [0.05, 0.1) is 5.52 Å². The van der Waals surface area contributed by atoms with Gasteiger partial charge in [0.25, 0.3) is 0 Å². The third kappa shape index (κ3) is 1.94. The summed E-state index contributed by atoms with van der Waals surface area (Å²) in [5.41, 5.74) is 6.22. The van der Waals surface area contributed by atoms with Gasteiger partial charge in [0.2, 0.25) is 0 Å². The van der Waals surface area contributed by atoms with Gasteiger partial charge in [0.15, 0.2) is 0 Å². The van der Waals surface area contributed by atoms with Gasteiger partial charge in [-0.2, -0.15) is 0 Å². The van der Waals surface area contributed by atoms with Crippen molar-refractivity contribution in [1.29, 1.82) is 0 Å². The normalized spacial score (nSPS) is 17.1. The van der Waals surface area contributed by atoms with Crippen LogP contribution in [0.5, 0.6) is 0 Å². The van der Waals surface area contributed by atoms with Crippen molar-refractivity contribution in [3.8, 4) is 11.1 Å². The Labute approximate surface area is 130 Å². The molecule has 1 nitrogen and oxygen atoms in total. The number of allylic oxidation sites excluding steroid dienone is 1. The molecule has 0 bridgehead atoms. The second-order valence-electron chi connectivity index (χ2n) is 5.74. The van der Waals surface area contributed by atoms with Crippen molar-refractivity contribution in [1.82, 2.24) is 4.98 Å². The molecule has 1 unspecified atom stereocenters. The first-order valence-corrected chi connectivity index (χ1v) is 7.80. The maximum Gasteiger partial charge on any atom is 0.0604 e. The number of hydrogen-bond donors (Lipinski definition) is 2. The minimum atomic E-state index is 0.547. The Morgan fingerprint density at radius 3 is 2.71 bits per heavy atom. The first-order valence-electron chi connectivity index (χ1n) is 7.35. The fourth-order valence-corrected chi connectivity index (χ4v) is 3.60. The fourth-order valence-electron chi connectivity index (χ4n) is 3.22. The minimum absolute atomic E-state index is 0.547. The summed E-state index contributed by atoms with van der Waals surface area (Å²) in [6, 6.07) is 14.8. The Bertz CT molecular complexity index is 843. The molecule has 2 aromatic carbocycles. The van der Waals surface area contributed by atoms with Crippen LogP contribution in [0.2, 0.25) is 0 Å². The molecule has 1 heterocycles. The van der Waals surface area contributed by atoms with Crippen molar-refractivity contribution in [2.75, 3.05) is 0 Å². The number of nitrogens with one attached hydrogen (secondary N) is 1. The highest BCUT2D eigenvalue weighted by Crippen LogP contribution is 2.39. The summed E-state index contributed by atoms with van der Waals surface area (Å²) in [5.74, 6) is 0.547. The summed E-state index contributed by atoms with van der Waals surface area (Å²) in [5, 5.41) is 1.28. The fraction of sp³-hybridized carbons (Fsp3) is 0.158. The van der Waals surface area contributed by atoms with Gasteiger partial charge < -0.3 is 4.98 Å². The lowest BCUT2D eigenvalue weighted by molar-refractivity contribution is 0.750. The maximum atomic E-state index is 4.81. The lowest BCUT2D eigenvalue weighted by atomic mass is 9.93. The molecule has 0 aliphatic heterocycles. The molecule has 1 aliphatic rings. The van der Waals surface area contributed by atoms with Crippen LogP contribution in [0.1, 0.15) is 30.5 Å². The highest BCUT2D eigenvalue weighted by atomic mass is 32.1. The number of aromatic nitrogens is 1. The first kappa shape index (κ1) is 12.8. The molecule has 2 heteroatoms. The molecule has 0 spiro atoms. The Morgan fingerprint density at radius 1 is 1.10 bits per heavy atom. The third-order valence-electron chi connectivity index (χ3n) is 4.37. The van der Waals surface area contributed by atoms with Crippen LogP contribution < -0.4 is 0 Å². The number of fused-ring (bicyclic) bond motifs is 3. The molecule has 0 amide bonds. The van der Waals surface area contributed by atoms with Gasteiger partial charge in [0.1, 0.15) is 0 Å². The van der Waals surface area contributed by atoms with Crippen LogP contribution in [0.25, 0.3) is 28.1 Å². The van der Waals surface area contributed by atoms with Gasteiger partial charge in [-0.15, -0.1) is 12.6 Å². The van der Waals surface area contributed by atoms with E-state index in [2.05, 4.69) is 60.5 Å². The van der Waals surface area contributed by atoms with Crippen LogP contribution in [0.15, 0.2) is 53.4 Å². The Kier molecular flexibility index (Phi) is 2.93. The molecule has 3 aromatic rings. The molecule has 0 saturated heterocycles. The van der Waals surface area contributed by atoms with E-state index in [1.54, 1.807) is 0 Å². The van der Waals surface area contributed by atoms with Crippen LogP contribution in [0.4, 0.5) is 0 Å². The van der Waals surface area contributed by atoms with E-state index < -0.39 is 0 Å². The summed E-state index contributed by atoms with van der Waals surface area (Å²) in [6.45, 7) is 2.27. The molecule has 1 N–H and O–H groups in total. The Balaban J connectivity index is 1.99. The highest BCUT2D eigenvalue weighted by molar-refractivity contribution is 7.80. The van der Waals surface area contributed by atoms with E-state index >= 15 is 0 Å². The second kappa shape index (κ2) is 4.81. The van der Waals surface area contributed by atoms with Crippen LogP contribution in [0, 0.1) is 0 Å². The largest absolute Gasteiger partial charge is 0.357 e. The van der Waals surface area contributed by atoms with E-state index in [0.29, 0.717) is 5.92 Å². The quantitative estimate of drug-likeness (QED) is 0.539. The average molecular weight is 291 g/mol. The molecular weight excluding hydrogens is 274 g/mol. The zero-order chi connectivity index (χ0) is 14.4. The SMILES string of the molecule is CC1CC=Cc2c1[nH]c1c(S)c(-c3ccccc3)ccc21. The molecule has 4 rings (SSSR count). The van der Waals surface area contributed by atoms with E-state index in [1.165, 1.54) is 27.8 Å². The number of thiol groups is 1. The average Bonchev–Trinajstić information content (AvgIpc) is 2.90. The van der Waals surface area contributed by atoms with E-state index in [1.807, 2.05) is 6.07 Å². The van der Waals surface area contributed by atoms with E-state index in [0.717, 1.165) is 16.8 Å². The molecule has 1 aromatic heterocycles. The molecule has 1 atom stereocenters. The molecule has 104 valence electrons. The van der Waals surface area contributed by atoms with E-state index in [9.17, 15) is 0 Å². The molecule has 21 heavy (non-hydrogen) atoms. The minimum Gasteiger partial charge on any atom is -0.357 e. The van der Waals surface area contributed by atoms with Crippen molar-refractivity contribution >= 4 is 29.6 Å². The Hall–Kier alpha value is -1.93. The molecule has 0 saturated carbocycles. The van der Waals surface area contributed by atoms with Gasteiger partial charge >= 0.3 is 0 Å². The summed E-state index contributed by atoms with van der Waals surface area (Å²) >= 11 is 4.81. The van der Waals surface area contributed by atoms with Crippen molar-refractivity contribution in [2.24, 2.45) is 0 Å². The summed E-state index contributed by atoms with van der Waals surface area (Å²) < 4.78 is 0. The number of hydrogen-bond acceptors (Lipinski definition) is 1. The van der Waals surface area contributed by atoms with Gasteiger partial charge in [-0.3, -0.25) is 0 Å². The monoisotopic (exact) mass is 291 g/mol. The smallest absolute Gasteiger partial charge is 0.0604 e. The van der Waals surface area contributed by atoms with E-state index in [-0.39, 0.29) is 0 Å². The Morgan fingerprint density at radius 2 is 1.90 bits per heavy atom. The third-order valence-corrected chi connectivity index (χ3v) is 4.83. The van der Waals surface area contributed by atoms with Gasteiger partial charge in [-0.25, -0.2) is 0 Å². The predicted molar refractivity (Wildman–Crippen MR) is 93.1 cm³/mol. The molecule has 0 fully saturated rings. The summed E-state index contributed by atoms with van der Waals surface area (Å²) in [4.78, 5) is 4.65. The van der Waals surface area contributed by atoms with Crippen molar-refractivity contribution in [3.05, 3.63) is 59.8 Å². The summed E-state index contributed by atoms with van der Waals surface area (Å²) in [7, 11) is 0. The van der Waals surface area contributed by atoms with E-state index in [4.69, 9.17) is 12.6 Å². The standard InChI is InChI=1S/C19H17NS/c1-12-6-5-9-15-16-11-10-14(13-7-3-2-4-8-13)19(21)18(16)20-17(12)15/h2-5,7-12,20-21H,6H2,1H3. The zero-order valence-corrected chi connectivity index (χ0v) is 12.8. The van der Waals surface area contributed by atoms with Crippen molar-refractivity contribution in [2.45, 2.75) is 24.2 Å². The lowest BCUT2D eigenvalue weighted by Gasteiger charge is -2.12. The number of aromatic amines is 1. The molecule has 0 radical (unpaired) electrons. The topological polar surface area (TPSA) is 15.8 Å². The van der Waals surface area contributed by atoms with Crippen LogP contribution in [0.3, 0.4) is 0 Å². The zero-order valence-electron chi connectivity index (χ0n) is 11.9. The molecule has 1 aliphatic carbocycles. The second-order valence-corrected chi connectivity index (χ2v) is 6.19. The highest BCUT2D eigenvalue weighted by Gasteiger charge is 2.19. The predicted octanol–water partition coefficient (Wildman–Crippen LogP) is 5.64. The van der Waals surface area contributed by atoms with Crippen LogP contribution in [-0.2, 0) is 0 Å². The first-order chi connectivity index (χ1) is 10.3. The number of benzene rings is 2. The van der Waals surface area contributed by atoms with Gasteiger partial charge in [-0.05, 0) is 17.5 Å². The van der Waals surface area contributed by atoms with Crippen LogP contribution in [-0.4, -0.2) is 4.98 Å². The maximum absolute atomic E-state index is 4.81. The number of H-pyrrole nitrogens is 1. The summed E-state index contributed by atoms with van der Waals surface area (Å²) in [6.07, 6.45) is 5.61. The lowest BCUT2D eigenvalue weighted by Crippen LogP contribution is -1.97. The van der Waals surface area contributed by atoms with Crippen molar-refractivity contribution < 1.29 is 0 Å². The van der Waals surface area contributed by atoms with Crippen molar-refractivity contribution in [3.63, 3.8) is 0 Å². The van der Waals surface area contributed by atoms with Gasteiger partial charge in [0, 0.05) is 27.5 Å².